The van der Waals surface area contributed by atoms with Gasteiger partial charge in [-0.2, -0.15) is 0 Å². The topological polar surface area (TPSA) is 55.4 Å². The van der Waals surface area contributed by atoms with Crippen LogP contribution in [-0.2, 0) is 14.3 Å². The van der Waals surface area contributed by atoms with Gasteiger partial charge in [-0.1, -0.05) is 64.4 Å². The SMILES string of the molecule is C[CH]([Al])C(=O)N[C@@H](C(=O)O[C@@H]1C[C@H](C)CC[C@H]1C(C)C)c1ccccc1. The van der Waals surface area contributed by atoms with Crippen molar-refractivity contribution < 1.29 is 14.3 Å². The van der Waals surface area contributed by atoms with Crippen LogP contribution in [0.4, 0.5) is 0 Å². The molecule has 5 atom stereocenters. The number of hydrogen-bond donors (Lipinski definition) is 1. The fraction of sp³-hybridized carbons (Fsp3) is 0.619. The van der Waals surface area contributed by atoms with Gasteiger partial charge in [0.1, 0.15) is 22.4 Å². The monoisotopic (exact) mass is 371 g/mol. The predicted octanol–water partition coefficient (Wildman–Crippen LogP) is 3.82. The second kappa shape index (κ2) is 9.58. The number of ether oxygens (including phenoxy) is 1. The minimum absolute atomic E-state index is 0.0808. The zero-order chi connectivity index (χ0) is 19.3. The van der Waals surface area contributed by atoms with Crippen LogP contribution >= 0.6 is 0 Å². The normalized spacial score (nSPS) is 25.3. The van der Waals surface area contributed by atoms with Gasteiger partial charge < -0.3 is 10.1 Å². The summed E-state index contributed by atoms with van der Waals surface area (Å²) in [6.45, 7) is 8.37. The van der Waals surface area contributed by atoms with E-state index >= 15 is 0 Å². The van der Waals surface area contributed by atoms with Crippen molar-refractivity contribution in [3.8, 4) is 0 Å². The van der Waals surface area contributed by atoms with Crippen molar-refractivity contribution >= 4 is 28.2 Å². The van der Waals surface area contributed by atoms with E-state index in [9.17, 15) is 9.59 Å². The Bertz CT molecular complexity index is 603. The molecule has 0 saturated heterocycles. The maximum atomic E-state index is 13.0. The molecule has 2 rings (SSSR count). The Morgan fingerprint density at radius 3 is 2.38 bits per heavy atom. The second-order valence-corrected chi connectivity index (χ2v) is 8.94. The minimum atomic E-state index is -0.767. The Kier molecular flexibility index (Phi) is 7.73. The van der Waals surface area contributed by atoms with E-state index in [1.165, 1.54) is 6.42 Å². The summed E-state index contributed by atoms with van der Waals surface area (Å²) in [5.74, 6) is 0.859. The molecule has 2 radical (unpaired) electrons. The molecule has 1 saturated carbocycles. The minimum Gasteiger partial charge on any atom is -0.460 e. The van der Waals surface area contributed by atoms with Crippen molar-refractivity contribution in [1.29, 1.82) is 0 Å². The van der Waals surface area contributed by atoms with Gasteiger partial charge in [0, 0.05) is 0 Å². The highest BCUT2D eigenvalue weighted by molar-refractivity contribution is 6.23. The van der Waals surface area contributed by atoms with Crippen LogP contribution in [0.1, 0.15) is 58.6 Å². The van der Waals surface area contributed by atoms with Crippen molar-refractivity contribution in [2.45, 2.75) is 63.9 Å². The van der Waals surface area contributed by atoms with Crippen molar-refractivity contribution in [1.82, 2.24) is 5.32 Å². The smallest absolute Gasteiger partial charge is 0.333 e. The molecule has 0 spiro atoms. The van der Waals surface area contributed by atoms with E-state index in [0.717, 1.165) is 18.4 Å². The lowest BCUT2D eigenvalue weighted by Gasteiger charge is -2.37. The van der Waals surface area contributed by atoms with Gasteiger partial charge in [-0.15, -0.1) is 0 Å². The first kappa shape index (κ1) is 21.0. The lowest BCUT2D eigenvalue weighted by molar-refractivity contribution is -0.159. The first-order chi connectivity index (χ1) is 12.3. The molecular weight excluding hydrogens is 341 g/mol. The van der Waals surface area contributed by atoms with Gasteiger partial charge in [-0.25, -0.2) is 4.79 Å². The third-order valence-electron chi connectivity index (χ3n) is 5.30. The van der Waals surface area contributed by atoms with Crippen LogP contribution in [-0.4, -0.2) is 34.3 Å². The summed E-state index contributed by atoms with van der Waals surface area (Å²) in [4.78, 5) is 25.2. The first-order valence-electron chi connectivity index (χ1n) is 9.61. The van der Waals surface area contributed by atoms with Crippen molar-refractivity contribution in [2.75, 3.05) is 0 Å². The number of benzene rings is 1. The fourth-order valence-corrected chi connectivity index (χ4v) is 3.76. The molecule has 1 aliphatic rings. The molecule has 0 aromatic heterocycles. The maximum Gasteiger partial charge on any atom is 0.333 e. The standard InChI is InChI=1S/C21H30NO3.Al/c1-5-19(23)22-20(16-9-7-6-8-10-16)21(24)25-18-13-15(4)11-12-17(18)14(2)3;/h5-10,14-15,17-18,20H,11-13H2,1-4H3,(H,22,23);/t15-,17+,18-,20-;/m1./s1. The molecule has 1 amide bonds. The molecule has 1 N–H and O–H groups in total. The van der Waals surface area contributed by atoms with Gasteiger partial charge in [-0.05, 0) is 40.9 Å². The summed E-state index contributed by atoms with van der Waals surface area (Å²) in [6.07, 6.45) is 3.08. The molecule has 26 heavy (non-hydrogen) atoms. The van der Waals surface area contributed by atoms with E-state index in [4.69, 9.17) is 4.74 Å². The number of carbonyl (C=O) groups is 2. The summed E-state index contributed by atoms with van der Waals surface area (Å²) >= 11 is 2.46. The molecule has 1 aromatic carbocycles. The van der Waals surface area contributed by atoms with Crippen LogP contribution in [0.5, 0.6) is 0 Å². The molecular formula is C21H30AlNO3. The summed E-state index contributed by atoms with van der Waals surface area (Å²) in [5, 5.41) is 2.84. The van der Waals surface area contributed by atoms with Crippen LogP contribution in [0.2, 0.25) is 4.78 Å². The number of amides is 1. The van der Waals surface area contributed by atoms with Crippen LogP contribution in [0.3, 0.4) is 0 Å². The number of hydrogen-bond acceptors (Lipinski definition) is 3. The summed E-state index contributed by atoms with van der Waals surface area (Å²) in [6, 6.07) is 8.56. The molecule has 0 heterocycles. The molecule has 1 aromatic rings. The number of carbonyl (C=O) groups excluding carboxylic acids is 2. The van der Waals surface area contributed by atoms with Gasteiger partial charge in [0.25, 0.3) is 0 Å². The zero-order valence-corrected chi connectivity index (χ0v) is 17.4. The first-order valence-corrected chi connectivity index (χ1v) is 10.3. The fourth-order valence-electron chi connectivity index (χ4n) is 3.66. The second-order valence-electron chi connectivity index (χ2n) is 7.94. The number of esters is 1. The van der Waals surface area contributed by atoms with E-state index < -0.39 is 6.04 Å². The molecule has 0 bridgehead atoms. The molecule has 5 heteroatoms. The number of nitrogens with one attached hydrogen (secondary N) is 1. The van der Waals surface area contributed by atoms with Gasteiger partial charge in [0.15, 0.2) is 6.04 Å². The summed E-state index contributed by atoms with van der Waals surface area (Å²) in [5.41, 5.74) is 0.751. The summed E-state index contributed by atoms with van der Waals surface area (Å²) < 4.78 is 5.70. The van der Waals surface area contributed by atoms with Gasteiger partial charge in [0.2, 0.25) is 5.91 Å². The van der Waals surface area contributed by atoms with Crippen molar-refractivity contribution in [3.05, 3.63) is 35.9 Å². The molecule has 0 aliphatic heterocycles. The van der Waals surface area contributed by atoms with Gasteiger partial charge in [-0.3, -0.25) is 4.79 Å². The Morgan fingerprint density at radius 1 is 1.15 bits per heavy atom. The van der Waals surface area contributed by atoms with Crippen LogP contribution in [0.25, 0.3) is 0 Å². The van der Waals surface area contributed by atoms with Crippen LogP contribution in [0, 0.1) is 17.8 Å². The van der Waals surface area contributed by atoms with Gasteiger partial charge in [0.05, 0.1) is 0 Å². The van der Waals surface area contributed by atoms with Crippen LogP contribution in [0.15, 0.2) is 30.3 Å². The lowest BCUT2D eigenvalue weighted by atomic mass is 9.75. The van der Waals surface area contributed by atoms with E-state index in [0.29, 0.717) is 17.8 Å². The highest BCUT2D eigenvalue weighted by Crippen LogP contribution is 2.36. The average Bonchev–Trinajstić information content (AvgIpc) is 2.59. The predicted molar refractivity (Wildman–Crippen MR) is 104 cm³/mol. The average molecular weight is 371 g/mol. The highest BCUT2D eigenvalue weighted by atomic mass is 27.0. The Labute approximate surface area is 165 Å². The highest BCUT2D eigenvalue weighted by Gasteiger charge is 2.35. The van der Waals surface area contributed by atoms with Crippen molar-refractivity contribution in [2.24, 2.45) is 17.8 Å². The zero-order valence-electron chi connectivity index (χ0n) is 16.3. The number of rotatable bonds is 6. The van der Waals surface area contributed by atoms with Crippen LogP contribution < -0.4 is 5.32 Å². The van der Waals surface area contributed by atoms with E-state index in [2.05, 4.69) is 42.4 Å². The Balaban J connectivity index is 2.18. The van der Waals surface area contributed by atoms with E-state index in [-0.39, 0.29) is 22.8 Å². The van der Waals surface area contributed by atoms with Crippen molar-refractivity contribution in [3.63, 3.8) is 0 Å². The lowest BCUT2D eigenvalue weighted by Crippen LogP contribution is -2.41. The maximum absolute atomic E-state index is 13.0. The largest absolute Gasteiger partial charge is 0.460 e. The Hall–Kier alpha value is -1.31. The third kappa shape index (κ3) is 5.59. The molecule has 1 unspecified atom stereocenters. The van der Waals surface area contributed by atoms with E-state index in [1.807, 2.05) is 30.3 Å². The Morgan fingerprint density at radius 2 is 1.81 bits per heavy atom. The molecule has 140 valence electrons. The molecule has 4 nitrogen and oxygen atoms in total. The van der Waals surface area contributed by atoms with Gasteiger partial charge >= 0.3 is 5.97 Å². The molecule has 1 aliphatic carbocycles. The quantitative estimate of drug-likeness (QED) is 0.611. The molecule has 1 fully saturated rings. The summed E-state index contributed by atoms with van der Waals surface area (Å²) in [7, 11) is 0. The van der Waals surface area contributed by atoms with E-state index in [1.54, 1.807) is 6.92 Å². The third-order valence-corrected chi connectivity index (χ3v) is 5.60.